The molecule has 0 spiro atoms. The van der Waals surface area contributed by atoms with E-state index >= 15 is 0 Å². The van der Waals surface area contributed by atoms with Crippen LogP contribution >= 0.6 is 23.1 Å². The van der Waals surface area contributed by atoms with E-state index in [0.717, 1.165) is 66.4 Å². The van der Waals surface area contributed by atoms with E-state index in [0.29, 0.717) is 0 Å². The number of hydrogen-bond acceptors (Lipinski definition) is 6. The Morgan fingerprint density at radius 1 is 1.00 bits per heavy atom. The first kappa shape index (κ1) is 20.1. The lowest BCUT2D eigenvalue weighted by Crippen LogP contribution is -2.46. The van der Waals surface area contributed by atoms with Gasteiger partial charge in [-0.3, -0.25) is 4.90 Å². The maximum absolute atomic E-state index is 5.97. The number of methoxy groups -OCH3 is 1. The van der Waals surface area contributed by atoms with Gasteiger partial charge in [0.25, 0.3) is 0 Å². The molecule has 4 rings (SSSR count). The van der Waals surface area contributed by atoms with Crippen molar-refractivity contribution >= 4 is 28.3 Å². The van der Waals surface area contributed by atoms with E-state index in [1.54, 1.807) is 7.11 Å². The first-order valence-electron chi connectivity index (χ1n) is 9.91. The highest BCUT2D eigenvalue weighted by Gasteiger charge is 2.20. The molecule has 0 amide bonds. The highest BCUT2D eigenvalue weighted by Crippen LogP contribution is 2.25. The summed E-state index contributed by atoms with van der Waals surface area (Å²) in [5.74, 6) is 1.70. The number of benzene rings is 2. The number of rotatable bonds is 7. The summed E-state index contributed by atoms with van der Waals surface area (Å²) in [6, 6.07) is 16.1. The van der Waals surface area contributed by atoms with Crippen LogP contribution in [-0.2, 0) is 6.42 Å². The minimum atomic E-state index is 0.729. The van der Waals surface area contributed by atoms with E-state index in [9.17, 15) is 0 Å². The minimum Gasteiger partial charge on any atom is -0.497 e. The van der Waals surface area contributed by atoms with Crippen LogP contribution in [-0.4, -0.2) is 54.1 Å². The SMILES string of the molecule is COc1ccc(CCCN2CCN(c3nc(-c4ccc(Cl)cc4)ns3)CC2)cc1. The van der Waals surface area contributed by atoms with Crippen LogP contribution in [0.1, 0.15) is 12.0 Å². The monoisotopic (exact) mass is 428 g/mol. The Hall–Kier alpha value is -2.15. The van der Waals surface area contributed by atoms with Gasteiger partial charge in [0.2, 0.25) is 5.13 Å². The molecule has 1 aliphatic heterocycles. The standard InChI is InChI=1S/C22H25ClN4OS/c1-28-20-10-4-17(5-11-20)3-2-12-26-13-15-27(16-14-26)22-24-21(25-29-22)18-6-8-19(23)9-7-18/h4-11H,2-3,12-16H2,1H3. The predicted octanol–water partition coefficient (Wildman–Crippen LogP) is 4.62. The van der Waals surface area contributed by atoms with E-state index in [1.807, 2.05) is 36.4 Å². The van der Waals surface area contributed by atoms with Gasteiger partial charge in [-0.25, -0.2) is 0 Å². The Morgan fingerprint density at radius 2 is 1.72 bits per heavy atom. The van der Waals surface area contributed by atoms with Gasteiger partial charge in [0.15, 0.2) is 5.82 Å². The highest BCUT2D eigenvalue weighted by atomic mass is 35.5. The van der Waals surface area contributed by atoms with Gasteiger partial charge in [-0.05, 0) is 61.3 Å². The lowest BCUT2D eigenvalue weighted by Gasteiger charge is -2.34. The zero-order chi connectivity index (χ0) is 20.1. The number of hydrogen-bond donors (Lipinski definition) is 0. The molecule has 1 saturated heterocycles. The second-order valence-corrected chi connectivity index (χ2v) is 8.35. The third-order valence-electron chi connectivity index (χ3n) is 5.26. The zero-order valence-electron chi connectivity index (χ0n) is 16.6. The molecule has 3 aromatic rings. The number of nitrogens with zero attached hydrogens (tertiary/aromatic N) is 4. The average Bonchev–Trinajstić information content (AvgIpc) is 3.25. The van der Waals surface area contributed by atoms with Gasteiger partial charge >= 0.3 is 0 Å². The van der Waals surface area contributed by atoms with Crippen molar-refractivity contribution in [2.75, 3.05) is 44.7 Å². The molecule has 0 saturated carbocycles. The molecule has 152 valence electrons. The Kier molecular flexibility index (Phi) is 6.64. The number of anilines is 1. The Labute approximate surface area is 181 Å². The number of aryl methyl sites for hydroxylation is 1. The third kappa shape index (κ3) is 5.26. The molecule has 5 nitrogen and oxygen atoms in total. The van der Waals surface area contributed by atoms with Gasteiger partial charge in [0.1, 0.15) is 5.75 Å². The minimum absolute atomic E-state index is 0.729. The lowest BCUT2D eigenvalue weighted by atomic mass is 10.1. The van der Waals surface area contributed by atoms with E-state index < -0.39 is 0 Å². The quantitative estimate of drug-likeness (QED) is 0.549. The lowest BCUT2D eigenvalue weighted by molar-refractivity contribution is 0.255. The summed E-state index contributed by atoms with van der Waals surface area (Å²) in [5, 5.41) is 1.74. The normalized spacial score (nSPS) is 14.9. The van der Waals surface area contributed by atoms with Crippen molar-refractivity contribution in [1.82, 2.24) is 14.3 Å². The van der Waals surface area contributed by atoms with Crippen molar-refractivity contribution in [3.8, 4) is 17.1 Å². The molecule has 29 heavy (non-hydrogen) atoms. The van der Waals surface area contributed by atoms with Crippen molar-refractivity contribution < 1.29 is 4.74 Å². The number of halogens is 1. The smallest absolute Gasteiger partial charge is 0.205 e. The second kappa shape index (κ2) is 9.57. The topological polar surface area (TPSA) is 41.5 Å². The second-order valence-electron chi connectivity index (χ2n) is 7.19. The van der Waals surface area contributed by atoms with Crippen molar-refractivity contribution in [3.05, 3.63) is 59.1 Å². The van der Waals surface area contributed by atoms with Crippen molar-refractivity contribution in [3.63, 3.8) is 0 Å². The molecular formula is C22H25ClN4OS. The Morgan fingerprint density at radius 3 is 2.41 bits per heavy atom. The summed E-state index contributed by atoms with van der Waals surface area (Å²) in [4.78, 5) is 9.62. The van der Waals surface area contributed by atoms with Crippen LogP contribution in [0.5, 0.6) is 5.75 Å². The molecule has 2 heterocycles. The van der Waals surface area contributed by atoms with Crippen molar-refractivity contribution in [2.45, 2.75) is 12.8 Å². The van der Waals surface area contributed by atoms with Gasteiger partial charge in [-0.15, -0.1) is 0 Å². The van der Waals surface area contributed by atoms with Gasteiger partial charge in [0, 0.05) is 48.3 Å². The Bertz CT molecular complexity index is 905. The fraction of sp³-hybridized carbons (Fsp3) is 0.364. The summed E-state index contributed by atoms with van der Waals surface area (Å²) < 4.78 is 9.75. The van der Waals surface area contributed by atoms with Crippen molar-refractivity contribution in [1.29, 1.82) is 0 Å². The van der Waals surface area contributed by atoms with Crippen LogP contribution < -0.4 is 9.64 Å². The molecule has 0 atom stereocenters. The third-order valence-corrected chi connectivity index (χ3v) is 6.29. The van der Waals surface area contributed by atoms with Crippen LogP contribution in [0, 0.1) is 0 Å². The maximum Gasteiger partial charge on any atom is 0.205 e. The van der Waals surface area contributed by atoms with E-state index in [-0.39, 0.29) is 0 Å². The van der Waals surface area contributed by atoms with Gasteiger partial charge in [-0.2, -0.15) is 9.36 Å². The molecule has 0 aliphatic carbocycles. The average molecular weight is 429 g/mol. The molecule has 1 aliphatic rings. The molecule has 0 bridgehead atoms. The van der Waals surface area contributed by atoms with Gasteiger partial charge < -0.3 is 9.64 Å². The van der Waals surface area contributed by atoms with Crippen LogP contribution in [0.2, 0.25) is 5.02 Å². The summed E-state index contributed by atoms with van der Waals surface area (Å²) in [5.41, 5.74) is 2.38. The summed E-state index contributed by atoms with van der Waals surface area (Å²) >= 11 is 7.44. The summed E-state index contributed by atoms with van der Waals surface area (Å²) in [6.45, 7) is 5.26. The first-order chi connectivity index (χ1) is 14.2. The zero-order valence-corrected chi connectivity index (χ0v) is 18.1. The molecule has 7 heteroatoms. The first-order valence-corrected chi connectivity index (χ1v) is 11.1. The Balaban J connectivity index is 1.23. The molecule has 0 radical (unpaired) electrons. The number of piperazine rings is 1. The fourth-order valence-corrected chi connectivity index (χ4v) is 4.39. The number of ether oxygens (including phenoxy) is 1. The maximum atomic E-state index is 5.97. The van der Waals surface area contributed by atoms with Crippen LogP contribution in [0.15, 0.2) is 48.5 Å². The van der Waals surface area contributed by atoms with Crippen molar-refractivity contribution in [2.24, 2.45) is 0 Å². The van der Waals surface area contributed by atoms with E-state index in [1.165, 1.54) is 23.5 Å². The van der Waals surface area contributed by atoms with Crippen LogP contribution in [0.3, 0.4) is 0 Å². The largest absolute Gasteiger partial charge is 0.497 e. The molecule has 1 aromatic heterocycles. The van der Waals surface area contributed by atoms with Gasteiger partial charge in [-0.1, -0.05) is 23.7 Å². The summed E-state index contributed by atoms with van der Waals surface area (Å²) in [7, 11) is 1.70. The predicted molar refractivity (Wildman–Crippen MR) is 120 cm³/mol. The molecule has 1 fully saturated rings. The fourth-order valence-electron chi connectivity index (χ4n) is 3.52. The van der Waals surface area contributed by atoms with Crippen LogP contribution in [0.4, 0.5) is 5.13 Å². The summed E-state index contributed by atoms with van der Waals surface area (Å²) in [6.07, 6.45) is 2.27. The van der Waals surface area contributed by atoms with E-state index in [4.69, 9.17) is 21.3 Å². The van der Waals surface area contributed by atoms with Crippen LogP contribution in [0.25, 0.3) is 11.4 Å². The molecule has 2 aromatic carbocycles. The highest BCUT2D eigenvalue weighted by molar-refractivity contribution is 7.09. The molecule has 0 unspecified atom stereocenters. The number of aromatic nitrogens is 2. The molecule has 0 N–H and O–H groups in total. The van der Waals surface area contributed by atoms with Gasteiger partial charge in [0.05, 0.1) is 7.11 Å². The van der Waals surface area contributed by atoms with E-state index in [2.05, 4.69) is 26.3 Å². The molecular weight excluding hydrogens is 404 g/mol.